The molecule has 3 unspecified atom stereocenters. The van der Waals surface area contributed by atoms with E-state index in [4.69, 9.17) is 4.74 Å². The van der Waals surface area contributed by atoms with Crippen molar-refractivity contribution < 1.29 is 14.3 Å². The van der Waals surface area contributed by atoms with Crippen LogP contribution in [0.1, 0.15) is 16.8 Å². The van der Waals surface area contributed by atoms with Crippen LogP contribution in [0, 0.1) is 11.8 Å². The molecular formula is C17H18N4O3. The van der Waals surface area contributed by atoms with E-state index in [-0.39, 0.29) is 17.9 Å². The maximum absolute atomic E-state index is 12.6. The highest BCUT2D eigenvalue weighted by Gasteiger charge is 2.36. The highest BCUT2D eigenvalue weighted by molar-refractivity contribution is 5.94. The van der Waals surface area contributed by atoms with Crippen LogP contribution in [-0.4, -0.2) is 41.0 Å². The highest BCUT2D eigenvalue weighted by Crippen LogP contribution is 2.29. The zero-order valence-electron chi connectivity index (χ0n) is 13.2. The summed E-state index contributed by atoms with van der Waals surface area (Å²) >= 11 is 0. The molecule has 1 fully saturated rings. The summed E-state index contributed by atoms with van der Waals surface area (Å²) < 4.78 is 6.45. The molecule has 0 spiro atoms. The number of hydrogen-bond donors (Lipinski definition) is 2. The average Bonchev–Trinajstić information content (AvgIpc) is 3.04. The Morgan fingerprint density at radius 2 is 2.29 bits per heavy atom. The summed E-state index contributed by atoms with van der Waals surface area (Å²) in [6, 6.07) is 3.37. The monoisotopic (exact) mass is 326 g/mol. The van der Waals surface area contributed by atoms with Gasteiger partial charge in [-0.1, -0.05) is 12.2 Å². The largest absolute Gasteiger partial charge is 0.465 e. The number of esters is 1. The molecule has 2 aromatic heterocycles. The number of nitrogens with one attached hydrogen (secondary N) is 2. The molecule has 7 nitrogen and oxygen atoms in total. The highest BCUT2D eigenvalue weighted by atomic mass is 16.5. The maximum Gasteiger partial charge on any atom is 0.338 e. The van der Waals surface area contributed by atoms with Gasteiger partial charge in [0, 0.05) is 18.8 Å². The van der Waals surface area contributed by atoms with Gasteiger partial charge in [0.05, 0.1) is 24.8 Å². The topological polar surface area (TPSA) is 84.7 Å². The van der Waals surface area contributed by atoms with E-state index in [0.717, 1.165) is 13.0 Å². The zero-order valence-corrected chi connectivity index (χ0v) is 13.2. The Morgan fingerprint density at radius 3 is 2.96 bits per heavy atom. The molecule has 4 heterocycles. The van der Waals surface area contributed by atoms with Crippen molar-refractivity contribution in [1.82, 2.24) is 14.7 Å². The Bertz CT molecular complexity index is 841. The quantitative estimate of drug-likeness (QED) is 0.654. The first-order valence-corrected chi connectivity index (χ1v) is 7.93. The Balaban J connectivity index is 1.55. The zero-order chi connectivity index (χ0) is 16.7. The summed E-state index contributed by atoms with van der Waals surface area (Å²) in [7, 11) is 1.34. The molecule has 2 N–H and O–H groups in total. The van der Waals surface area contributed by atoms with Gasteiger partial charge >= 0.3 is 5.97 Å². The van der Waals surface area contributed by atoms with Gasteiger partial charge in [-0.25, -0.2) is 9.78 Å². The van der Waals surface area contributed by atoms with Gasteiger partial charge in [-0.15, -0.1) is 0 Å². The maximum atomic E-state index is 12.6. The van der Waals surface area contributed by atoms with E-state index in [1.807, 2.05) is 0 Å². The summed E-state index contributed by atoms with van der Waals surface area (Å²) in [6.07, 6.45) is 8.43. The Kier molecular flexibility index (Phi) is 3.57. The predicted octanol–water partition coefficient (Wildman–Crippen LogP) is 1.22. The number of rotatable bonds is 3. The van der Waals surface area contributed by atoms with Crippen molar-refractivity contribution in [2.24, 2.45) is 11.8 Å². The number of ether oxygens (including phenoxy) is 1. The minimum Gasteiger partial charge on any atom is -0.465 e. The van der Waals surface area contributed by atoms with Crippen LogP contribution in [0.5, 0.6) is 0 Å². The molecule has 5 rings (SSSR count). The third kappa shape index (κ3) is 2.46. The molecule has 1 aliphatic carbocycles. The molecule has 24 heavy (non-hydrogen) atoms. The van der Waals surface area contributed by atoms with Gasteiger partial charge in [-0.3, -0.25) is 9.20 Å². The summed E-state index contributed by atoms with van der Waals surface area (Å²) in [4.78, 5) is 28.5. The Hall–Kier alpha value is -2.67. The minimum absolute atomic E-state index is 0.0135. The molecule has 3 aliphatic rings. The van der Waals surface area contributed by atoms with E-state index in [2.05, 4.69) is 27.8 Å². The fourth-order valence-corrected chi connectivity index (χ4v) is 3.42. The van der Waals surface area contributed by atoms with Gasteiger partial charge in [0.15, 0.2) is 0 Å². The predicted molar refractivity (Wildman–Crippen MR) is 87.7 cm³/mol. The third-order valence-corrected chi connectivity index (χ3v) is 4.72. The molecule has 2 bridgehead atoms. The molecule has 1 amide bonds. The second-order valence-electron chi connectivity index (χ2n) is 6.19. The number of fused-ring (bicyclic) bond motifs is 3. The van der Waals surface area contributed by atoms with Gasteiger partial charge < -0.3 is 15.4 Å². The minimum atomic E-state index is -0.415. The van der Waals surface area contributed by atoms with Crippen molar-refractivity contribution >= 4 is 23.3 Å². The Labute approximate surface area is 138 Å². The summed E-state index contributed by atoms with van der Waals surface area (Å²) in [5.41, 5.74) is 1.00. The smallest absolute Gasteiger partial charge is 0.338 e. The first-order valence-electron chi connectivity index (χ1n) is 7.93. The van der Waals surface area contributed by atoms with Crippen LogP contribution in [-0.2, 0) is 9.53 Å². The number of pyridine rings is 1. The normalized spacial score (nSPS) is 25.0. The standard InChI is InChI=1S/C17H18N4O3/c1-24-17(23)11-4-5-21-14(7-11)19-9-15(21)20-16(22)12-6-10-2-3-13(12)18-8-10/h2-5,7,9-10,12-13,18H,6,8H2,1H3,(H,20,22). The van der Waals surface area contributed by atoms with Crippen molar-refractivity contribution in [3.05, 3.63) is 42.2 Å². The van der Waals surface area contributed by atoms with Gasteiger partial charge in [-0.05, 0) is 24.5 Å². The Morgan fingerprint density at radius 1 is 1.42 bits per heavy atom. The third-order valence-electron chi connectivity index (χ3n) is 4.72. The molecule has 124 valence electrons. The fourth-order valence-electron chi connectivity index (χ4n) is 3.42. The van der Waals surface area contributed by atoms with Gasteiger partial charge in [0.2, 0.25) is 5.91 Å². The van der Waals surface area contributed by atoms with Gasteiger partial charge in [0.25, 0.3) is 0 Å². The second-order valence-corrected chi connectivity index (χ2v) is 6.19. The molecule has 0 saturated carbocycles. The number of piperidine rings is 1. The molecule has 3 atom stereocenters. The number of hydrogen-bond acceptors (Lipinski definition) is 5. The van der Waals surface area contributed by atoms with E-state index < -0.39 is 5.97 Å². The lowest BCUT2D eigenvalue weighted by molar-refractivity contribution is -0.121. The average molecular weight is 326 g/mol. The van der Waals surface area contributed by atoms with Crippen LogP contribution in [0.2, 0.25) is 0 Å². The molecule has 2 aromatic rings. The van der Waals surface area contributed by atoms with Crippen molar-refractivity contribution in [2.45, 2.75) is 12.5 Å². The number of nitrogens with zero attached hydrogens (tertiary/aromatic N) is 2. The van der Waals surface area contributed by atoms with Crippen LogP contribution in [0.3, 0.4) is 0 Å². The molecule has 0 aromatic carbocycles. The van der Waals surface area contributed by atoms with E-state index in [0.29, 0.717) is 22.9 Å². The number of amides is 1. The molecule has 0 radical (unpaired) electrons. The molecule has 1 saturated heterocycles. The number of carbonyl (C=O) groups is 2. The number of imidazole rings is 1. The number of aromatic nitrogens is 2. The lowest BCUT2D eigenvalue weighted by atomic mass is 9.78. The van der Waals surface area contributed by atoms with E-state index >= 15 is 0 Å². The van der Waals surface area contributed by atoms with Gasteiger partial charge in [-0.2, -0.15) is 0 Å². The number of anilines is 1. The van der Waals surface area contributed by atoms with Crippen molar-refractivity contribution in [3.63, 3.8) is 0 Å². The van der Waals surface area contributed by atoms with Crippen molar-refractivity contribution in [2.75, 3.05) is 19.0 Å². The van der Waals surface area contributed by atoms with Gasteiger partial charge in [0.1, 0.15) is 11.5 Å². The summed E-state index contributed by atoms with van der Waals surface area (Å²) in [5.74, 6) is 0.517. The van der Waals surface area contributed by atoms with Crippen LogP contribution >= 0.6 is 0 Å². The van der Waals surface area contributed by atoms with E-state index in [1.54, 1.807) is 28.9 Å². The fraction of sp³-hybridized carbons (Fsp3) is 0.353. The van der Waals surface area contributed by atoms with Crippen LogP contribution in [0.15, 0.2) is 36.7 Å². The van der Waals surface area contributed by atoms with Crippen LogP contribution in [0.25, 0.3) is 5.65 Å². The SMILES string of the molecule is COC(=O)c1ccn2c(NC(=O)C3CC4C=CC3NC4)cnc2c1. The number of methoxy groups -OCH3 is 1. The first kappa shape index (κ1) is 14.9. The molecular weight excluding hydrogens is 308 g/mol. The van der Waals surface area contributed by atoms with Crippen LogP contribution < -0.4 is 10.6 Å². The molecule has 2 aliphatic heterocycles. The number of carbonyl (C=O) groups excluding carboxylic acids is 2. The summed E-state index contributed by atoms with van der Waals surface area (Å²) in [6.45, 7) is 0.941. The lowest BCUT2D eigenvalue weighted by Crippen LogP contribution is -2.51. The van der Waals surface area contributed by atoms with E-state index in [9.17, 15) is 9.59 Å². The van der Waals surface area contributed by atoms with Crippen molar-refractivity contribution in [1.29, 1.82) is 0 Å². The van der Waals surface area contributed by atoms with Crippen molar-refractivity contribution in [3.8, 4) is 0 Å². The molecule has 7 heteroatoms. The first-order chi connectivity index (χ1) is 11.7. The lowest BCUT2D eigenvalue weighted by Gasteiger charge is -2.37. The second kappa shape index (κ2) is 5.76. The van der Waals surface area contributed by atoms with Crippen LogP contribution in [0.4, 0.5) is 5.82 Å². The van der Waals surface area contributed by atoms with E-state index in [1.165, 1.54) is 7.11 Å². The summed E-state index contributed by atoms with van der Waals surface area (Å²) in [5, 5.41) is 6.32.